The second-order valence-electron chi connectivity index (χ2n) is 5.71. The molecule has 112 valence electrons. The number of rotatable bonds is 6. The summed E-state index contributed by atoms with van der Waals surface area (Å²) >= 11 is 1.96. The molecule has 1 saturated carbocycles. The summed E-state index contributed by atoms with van der Waals surface area (Å²) in [4.78, 5) is 4.66. The molecule has 0 amide bonds. The van der Waals surface area contributed by atoms with E-state index in [1.54, 1.807) is 7.11 Å². The standard InChI is InChI=1S/C14H23N3O2S/c1-3-7-15-11-9-20-8-10(11)12-16-13(17-19-12)14(18-2)5-4-6-14/h10-11,15H,3-9H2,1-2H3. The van der Waals surface area contributed by atoms with Crippen molar-refractivity contribution in [1.82, 2.24) is 15.5 Å². The lowest BCUT2D eigenvalue weighted by atomic mass is 9.79. The van der Waals surface area contributed by atoms with Crippen molar-refractivity contribution in [2.24, 2.45) is 0 Å². The fourth-order valence-corrected chi connectivity index (χ4v) is 4.29. The molecule has 3 rings (SSSR count). The Morgan fingerprint density at radius 1 is 1.45 bits per heavy atom. The molecular formula is C14H23N3O2S. The number of thioether (sulfide) groups is 1. The van der Waals surface area contributed by atoms with Crippen LogP contribution in [0.3, 0.4) is 0 Å². The molecule has 6 heteroatoms. The monoisotopic (exact) mass is 297 g/mol. The van der Waals surface area contributed by atoms with E-state index in [4.69, 9.17) is 9.26 Å². The SMILES string of the molecule is CCCNC1CSCC1c1nc(C2(OC)CCC2)no1. The molecule has 1 N–H and O–H groups in total. The molecular weight excluding hydrogens is 274 g/mol. The van der Waals surface area contributed by atoms with Crippen LogP contribution < -0.4 is 5.32 Å². The Labute approximate surface area is 124 Å². The van der Waals surface area contributed by atoms with Gasteiger partial charge in [-0.25, -0.2) is 0 Å². The van der Waals surface area contributed by atoms with E-state index in [1.807, 2.05) is 11.8 Å². The molecule has 0 bridgehead atoms. The molecule has 20 heavy (non-hydrogen) atoms. The average molecular weight is 297 g/mol. The Morgan fingerprint density at radius 2 is 2.30 bits per heavy atom. The maximum Gasteiger partial charge on any atom is 0.232 e. The normalized spacial score (nSPS) is 28.5. The maximum absolute atomic E-state index is 5.62. The number of hydrogen-bond acceptors (Lipinski definition) is 6. The van der Waals surface area contributed by atoms with E-state index in [0.717, 1.165) is 49.0 Å². The van der Waals surface area contributed by atoms with Gasteiger partial charge in [0.15, 0.2) is 0 Å². The van der Waals surface area contributed by atoms with E-state index in [-0.39, 0.29) is 5.60 Å². The summed E-state index contributed by atoms with van der Waals surface area (Å²) in [6.45, 7) is 3.23. The van der Waals surface area contributed by atoms with Crippen molar-refractivity contribution >= 4 is 11.8 Å². The van der Waals surface area contributed by atoms with Crippen LogP contribution in [0.25, 0.3) is 0 Å². The topological polar surface area (TPSA) is 60.2 Å². The van der Waals surface area contributed by atoms with Gasteiger partial charge in [0.2, 0.25) is 11.7 Å². The van der Waals surface area contributed by atoms with Crippen LogP contribution in [0.15, 0.2) is 4.52 Å². The van der Waals surface area contributed by atoms with Gasteiger partial charge in [0.25, 0.3) is 0 Å². The summed E-state index contributed by atoms with van der Waals surface area (Å²) in [6, 6.07) is 0.452. The quantitative estimate of drug-likeness (QED) is 0.869. The van der Waals surface area contributed by atoms with Crippen LogP contribution in [0.4, 0.5) is 0 Å². The Kier molecular flexibility index (Phi) is 4.33. The van der Waals surface area contributed by atoms with Gasteiger partial charge in [0.05, 0.1) is 5.92 Å². The number of aromatic nitrogens is 2. The summed E-state index contributed by atoms with van der Waals surface area (Å²) < 4.78 is 11.2. The molecule has 1 aliphatic heterocycles. The van der Waals surface area contributed by atoms with E-state index in [2.05, 4.69) is 22.4 Å². The van der Waals surface area contributed by atoms with E-state index in [9.17, 15) is 0 Å². The molecule has 0 spiro atoms. The Bertz CT molecular complexity index is 442. The van der Waals surface area contributed by atoms with Gasteiger partial charge in [-0.05, 0) is 32.2 Å². The number of nitrogens with zero attached hydrogens (tertiary/aromatic N) is 2. The van der Waals surface area contributed by atoms with Crippen molar-refractivity contribution in [3.8, 4) is 0 Å². The molecule has 0 aromatic carbocycles. The van der Waals surface area contributed by atoms with Crippen LogP contribution in [0.1, 0.15) is 50.2 Å². The third kappa shape index (κ3) is 2.49. The Balaban J connectivity index is 1.72. The largest absolute Gasteiger partial charge is 0.370 e. The minimum absolute atomic E-state index is 0.278. The number of hydrogen-bond donors (Lipinski definition) is 1. The lowest BCUT2D eigenvalue weighted by Gasteiger charge is -2.37. The van der Waals surface area contributed by atoms with Gasteiger partial charge >= 0.3 is 0 Å². The predicted molar refractivity (Wildman–Crippen MR) is 79.0 cm³/mol. The van der Waals surface area contributed by atoms with E-state index < -0.39 is 0 Å². The molecule has 1 aromatic rings. The maximum atomic E-state index is 5.62. The second kappa shape index (κ2) is 6.03. The van der Waals surface area contributed by atoms with Gasteiger partial charge in [-0.2, -0.15) is 16.7 Å². The molecule has 1 aromatic heterocycles. The van der Waals surface area contributed by atoms with Gasteiger partial charge in [-0.1, -0.05) is 12.1 Å². The van der Waals surface area contributed by atoms with E-state index >= 15 is 0 Å². The number of ether oxygens (including phenoxy) is 1. The van der Waals surface area contributed by atoms with Crippen LogP contribution in [-0.2, 0) is 10.3 Å². The first-order valence-electron chi connectivity index (χ1n) is 7.49. The minimum Gasteiger partial charge on any atom is -0.370 e. The first kappa shape index (κ1) is 14.4. The van der Waals surface area contributed by atoms with Gasteiger partial charge < -0.3 is 14.6 Å². The molecule has 2 fully saturated rings. The first-order chi connectivity index (χ1) is 9.79. The van der Waals surface area contributed by atoms with Gasteiger partial charge in [0, 0.05) is 24.7 Å². The highest BCUT2D eigenvalue weighted by atomic mass is 32.2. The number of methoxy groups -OCH3 is 1. The fraction of sp³-hybridized carbons (Fsp3) is 0.857. The highest BCUT2D eigenvalue weighted by molar-refractivity contribution is 7.99. The van der Waals surface area contributed by atoms with Gasteiger partial charge in [-0.15, -0.1) is 0 Å². The smallest absolute Gasteiger partial charge is 0.232 e. The predicted octanol–water partition coefficient (Wildman–Crippen LogP) is 2.29. The second-order valence-corrected chi connectivity index (χ2v) is 6.79. The summed E-state index contributed by atoms with van der Waals surface area (Å²) in [5.74, 6) is 4.04. The zero-order valence-corrected chi connectivity index (χ0v) is 13.0. The zero-order chi connectivity index (χ0) is 14.0. The van der Waals surface area contributed by atoms with Crippen molar-refractivity contribution < 1.29 is 9.26 Å². The molecule has 0 radical (unpaired) electrons. The van der Waals surface area contributed by atoms with Crippen molar-refractivity contribution in [1.29, 1.82) is 0 Å². The van der Waals surface area contributed by atoms with Crippen LogP contribution in [-0.4, -0.2) is 41.3 Å². The fourth-order valence-electron chi connectivity index (χ4n) is 2.92. The van der Waals surface area contributed by atoms with Crippen LogP contribution in [0.5, 0.6) is 0 Å². The van der Waals surface area contributed by atoms with Crippen molar-refractivity contribution in [3.63, 3.8) is 0 Å². The highest BCUT2D eigenvalue weighted by Crippen LogP contribution is 2.43. The third-order valence-corrected chi connectivity index (χ3v) is 5.65. The van der Waals surface area contributed by atoms with Crippen molar-refractivity contribution in [3.05, 3.63) is 11.7 Å². The average Bonchev–Trinajstić information content (AvgIpc) is 3.04. The lowest BCUT2D eigenvalue weighted by Crippen LogP contribution is -2.37. The molecule has 1 aliphatic carbocycles. The van der Waals surface area contributed by atoms with Gasteiger partial charge in [0.1, 0.15) is 5.60 Å². The van der Waals surface area contributed by atoms with E-state index in [1.165, 1.54) is 6.42 Å². The number of nitrogens with one attached hydrogen (secondary N) is 1. The molecule has 1 saturated heterocycles. The molecule has 2 unspecified atom stereocenters. The summed E-state index contributed by atoms with van der Waals surface area (Å²) in [7, 11) is 1.74. The van der Waals surface area contributed by atoms with Crippen molar-refractivity contribution in [2.45, 2.75) is 50.2 Å². The molecule has 5 nitrogen and oxygen atoms in total. The van der Waals surface area contributed by atoms with Crippen LogP contribution in [0, 0.1) is 0 Å². The van der Waals surface area contributed by atoms with Gasteiger partial charge in [-0.3, -0.25) is 0 Å². The van der Waals surface area contributed by atoms with Crippen molar-refractivity contribution in [2.75, 3.05) is 25.2 Å². The van der Waals surface area contributed by atoms with Crippen LogP contribution in [0.2, 0.25) is 0 Å². The molecule has 2 heterocycles. The first-order valence-corrected chi connectivity index (χ1v) is 8.65. The summed E-state index contributed by atoms with van der Waals surface area (Å²) in [6.07, 6.45) is 4.33. The third-order valence-electron chi connectivity index (χ3n) is 4.46. The van der Waals surface area contributed by atoms with E-state index in [0.29, 0.717) is 12.0 Å². The molecule has 2 aliphatic rings. The summed E-state index contributed by atoms with van der Waals surface area (Å²) in [5, 5.41) is 7.78. The van der Waals surface area contributed by atoms with Crippen LogP contribution >= 0.6 is 11.8 Å². The Hall–Kier alpha value is -0.590. The highest BCUT2D eigenvalue weighted by Gasteiger charge is 2.44. The molecule has 2 atom stereocenters. The zero-order valence-electron chi connectivity index (χ0n) is 12.2. The lowest BCUT2D eigenvalue weighted by molar-refractivity contribution is -0.0858. The minimum atomic E-state index is -0.278. The summed E-state index contributed by atoms with van der Waals surface area (Å²) in [5.41, 5.74) is -0.278. The Morgan fingerprint density at radius 3 is 2.95 bits per heavy atom.